The molecule has 2 N–H and O–H groups in total. The van der Waals surface area contributed by atoms with Crippen LogP contribution in [0.4, 0.5) is 5.82 Å². The second-order valence-electron chi connectivity index (χ2n) is 2.99. The Bertz CT molecular complexity index is 275. The molecule has 1 aromatic heterocycles. The van der Waals surface area contributed by atoms with E-state index in [2.05, 4.69) is 10.3 Å². The van der Waals surface area contributed by atoms with Crippen LogP contribution in [0.5, 0.6) is 5.75 Å². The molecule has 0 radical (unpaired) electrons. The van der Waals surface area contributed by atoms with Gasteiger partial charge in [0.15, 0.2) is 11.6 Å². The van der Waals surface area contributed by atoms with Crippen LogP contribution in [0.2, 0.25) is 0 Å². The maximum atomic E-state index is 9.02. The summed E-state index contributed by atoms with van der Waals surface area (Å²) in [5, 5.41) is 12.1. The number of rotatable bonds is 5. The standard InChI is InChI=1S/C10H16N2O2/c1-3-8(7-13)12-10-9(14-2)5-4-6-11-10/h4-6,8,13H,3,7H2,1-2H3,(H,11,12). The highest BCUT2D eigenvalue weighted by Crippen LogP contribution is 2.20. The van der Waals surface area contributed by atoms with Gasteiger partial charge in [0, 0.05) is 6.20 Å². The second kappa shape index (κ2) is 5.44. The number of aliphatic hydroxyl groups is 1. The van der Waals surface area contributed by atoms with Gasteiger partial charge in [0.05, 0.1) is 19.8 Å². The smallest absolute Gasteiger partial charge is 0.169 e. The summed E-state index contributed by atoms with van der Waals surface area (Å²) in [7, 11) is 1.60. The van der Waals surface area contributed by atoms with Crippen molar-refractivity contribution < 1.29 is 9.84 Å². The summed E-state index contributed by atoms with van der Waals surface area (Å²) in [5.41, 5.74) is 0. The van der Waals surface area contributed by atoms with Gasteiger partial charge >= 0.3 is 0 Å². The highest BCUT2D eigenvalue weighted by Gasteiger charge is 2.08. The van der Waals surface area contributed by atoms with E-state index in [0.717, 1.165) is 6.42 Å². The third kappa shape index (κ3) is 2.60. The molecule has 0 spiro atoms. The molecule has 0 aromatic carbocycles. The van der Waals surface area contributed by atoms with Crippen molar-refractivity contribution in [3.8, 4) is 5.75 Å². The summed E-state index contributed by atoms with van der Waals surface area (Å²) < 4.78 is 5.13. The fourth-order valence-corrected chi connectivity index (χ4v) is 1.13. The van der Waals surface area contributed by atoms with Crippen LogP contribution in [-0.2, 0) is 0 Å². The van der Waals surface area contributed by atoms with Crippen molar-refractivity contribution in [3.63, 3.8) is 0 Å². The average Bonchev–Trinajstić information content (AvgIpc) is 2.26. The Morgan fingerprint density at radius 1 is 1.64 bits per heavy atom. The summed E-state index contributed by atoms with van der Waals surface area (Å²) in [6, 6.07) is 3.67. The third-order valence-corrected chi connectivity index (χ3v) is 2.04. The fourth-order valence-electron chi connectivity index (χ4n) is 1.13. The molecule has 4 nitrogen and oxygen atoms in total. The predicted octanol–water partition coefficient (Wildman–Crippen LogP) is 1.27. The molecule has 0 saturated heterocycles. The Morgan fingerprint density at radius 3 is 3.00 bits per heavy atom. The van der Waals surface area contributed by atoms with Crippen molar-refractivity contribution in [3.05, 3.63) is 18.3 Å². The Labute approximate surface area is 83.9 Å². The lowest BCUT2D eigenvalue weighted by molar-refractivity contribution is 0.271. The van der Waals surface area contributed by atoms with Gasteiger partial charge < -0.3 is 15.2 Å². The first-order chi connectivity index (χ1) is 6.81. The molecule has 0 amide bonds. The Kier molecular flexibility index (Phi) is 4.19. The van der Waals surface area contributed by atoms with Crippen molar-refractivity contribution >= 4 is 5.82 Å². The SMILES string of the molecule is CCC(CO)Nc1ncccc1OC. The van der Waals surface area contributed by atoms with Gasteiger partial charge in [0.1, 0.15) is 0 Å². The highest BCUT2D eigenvalue weighted by molar-refractivity contribution is 5.49. The van der Waals surface area contributed by atoms with E-state index in [0.29, 0.717) is 11.6 Å². The van der Waals surface area contributed by atoms with Crippen LogP contribution >= 0.6 is 0 Å². The summed E-state index contributed by atoms with van der Waals surface area (Å²) in [6.07, 6.45) is 2.53. The van der Waals surface area contributed by atoms with Crippen molar-refractivity contribution in [2.75, 3.05) is 19.0 Å². The first-order valence-corrected chi connectivity index (χ1v) is 4.68. The van der Waals surface area contributed by atoms with E-state index in [1.165, 1.54) is 0 Å². The van der Waals surface area contributed by atoms with Crippen LogP contribution < -0.4 is 10.1 Å². The molecule has 14 heavy (non-hydrogen) atoms. The zero-order valence-electron chi connectivity index (χ0n) is 8.53. The van der Waals surface area contributed by atoms with Gasteiger partial charge in [-0.25, -0.2) is 4.98 Å². The number of nitrogens with one attached hydrogen (secondary N) is 1. The maximum Gasteiger partial charge on any atom is 0.169 e. The minimum absolute atomic E-state index is 0.0267. The molecule has 1 atom stereocenters. The molecule has 1 unspecified atom stereocenters. The number of methoxy groups -OCH3 is 1. The van der Waals surface area contributed by atoms with Gasteiger partial charge in [0.25, 0.3) is 0 Å². The molecule has 0 bridgehead atoms. The molecular weight excluding hydrogens is 180 g/mol. The summed E-state index contributed by atoms with van der Waals surface area (Å²) in [6.45, 7) is 2.10. The lowest BCUT2D eigenvalue weighted by atomic mass is 10.2. The fraction of sp³-hybridized carbons (Fsp3) is 0.500. The zero-order chi connectivity index (χ0) is 10.4. The summed E-state index contributed by atoms with van der Waals surface area (Å²) >= 11 is 0. The molecule has 1 rings (SSSR count). The zero-order valence-corrected chi connectivity index (χ0v) is 8.53. The van der Waals surface area contributed by atoms with Crippen LogP contribution in [0.15, 0.2) is 18.3 Å². The molecule has 1 heterocycles. The van der Waals surface area contributed by atoms with Gasteiger partial charge in [-0.3, -0.25) is 0 Å². The van der Waals surface area contributed by atoms with Gasteiger partial charge in [0.2, 0.25) is 0 Å². The van der Waals surface area contributed by atoms with Crippen molar-refractivity contribution in [2.24, 2.45) is 0 Å². The molecule has 0 aliphatic carbocycles. The van der Waals surface area contributed by atoms with E-state index in [1.807, 2.05) is 19.1 Å². The number of anilines is 1. The number of hydrogen-bond acceptors (Lipinski definition) is 4. The predicted molar refractivity (Wildman–Crippen MR) is 55.6 cm³/mol. The molecule has 0 aliphatic heterocycles. The van der Waals surface area contributed by atoms with Gasteiger partial charge in [-0.2, -0.15) is 0 Å². The quantitative estimate of drug-likeness (QED) is 0.744. The van der Waals surface area contributed by atoms with Crippen LogP contribution in [0.25, 0.3) is 0 Å². The topological polar surface area (TPSA) is 54.4 Å². The number of aliphatic hydroxyl groups excluding tert-OH is 1. The van der Waals surface area contributed by atoms with Crippen molar-refractivity contribution in [2.45, 2.75) is 19.4 Å². The van der Waals surface area contributed by atoms with E-state index >= 15 is 0 Å². The maximum absolute atomic E-state index is 9.02. The highest BCUT2D eigenvalue weighted by atomic mass is 16.5. The van der Waals surface area contributed by atoms with Crippen LogP contribution in [-0.4, -0.2) is 29.8 Å². The number of ether oxygens (including phenoxy) is 1. The van der Waals surface area contributed by atoms with E-state index in [1.54, 1.807) is 13.3 Å². The largest absolute Gasteiger partial charge is 0.493 e. The number of nitrogens with zero attached hydrogens (tertiary/aromatic N) is 1. The number of hydrogen-bond donors (Lipinski definition) is 2. The van der Waals surface area contributed by atoms with Crippen LogP contribution in [0.1, 0.15) is 13.3 Å². The molecule has 0 aliphatic rings. The number of aromatic nitrogens is 1. The van der Waals surface area contributed by atoms with E-state index < -0.39 is 0 Å². The normalized spacial score (nSPS) is 12.2. The molecule has 4 heteroatoms. The van der Waals surface area contributed by atoms with E-state index in [-0.39, 0.29) is 12.6 Å². The third-order valence-electron chi connectivity index (χ3n) is 2.04. The molecule has 1 aromatic rings. The molecular formula is C10H16N2O2. The lowest BCUT2D eigenvalue weighted by Crippen LogP contribution is -2.23. The number of pyridine rings is 1. The minimum atomic E-state index is 0.0267. The van der Waals surface area contributed by atoms with Gasteiger partial charge in [-0.1, -0.05) is 6.92 Å². The summed E-state index contributed by atoms with van der Waals surface area (Å²) in [5.74, 6) is 1.37. The Hall–Kier alpha value is -1.29. The van der Waals surface area contributed by atoms with Gasteiger partial charge in [-0.15, -0.1) is 0 Å². The monoisotopic (exact) mass is 196 g/mol. The van der Waals surface area contributed by atoms with E-state index in [9.17, 15) is 0 Å². The van der Waals surface area contributed by atoms with Crippen molar-refractivity contribution in [1.82, 2.24) is 4.98 Å². The van der Waals surface area contributed by atoms with Crippen molar-refractivity contribution in [1.29, 1.82) is 0 Å². The molecule has 78 valence electrons. The molecule has 0 fully saturated rings. The van der Waals surface area contributed by atoms with Gasteiger partial charge in [-0.05, 0) is 18.6 Å². The van der Waals surface area contributed by atoms with Crippen LogP contribution in [0, 0.1) is 0 Å². The Morgan fingerprint density at radius 2 is 2.43 bits per heavy atom. The minimum Gasteiger partial charge on any atom is -0.493 e. The Balaban J connectivity index is 2.74. The summed E-state index contributed by atoms with van der Waals surface area (Å²) in [4.78, 5) is 4.14. The second-order valence-corrected chi connectivity index (χ2v) is 2.99. The first kappa shape index (κ1) is 10.8. The average molecular weight is 196 g/mol. The lowest BCUT2D eigenvalue weighted by Gasteiger charge is -2.16. The van der Waals surface area contributed by atoms with E-state index in [4.69, 9.17) is 9.84 Å². The first-order valence-electron chi connectivity index (χ1n) is 4.68. The molecule has 0 saturated carbocycles. The van der Waals surface area contributed by atoms with Crippen LogP contribution in [0.3, 0.4) is 0 Å².